The summed E-state index contributed by atoms with van der Waals surface area (Å²) in [6, 6.07) is 10.7. The highest BCUT2D eigenvalue weighted by atomic mass is 32.1. The van der Waals surface area contributed by atoms with Gasteiger partial charge in [0.1, 0.15) is 0 Å². The second kappa shape index (κ2) is 8.48. The number of carbonyl (C=O) groups excluding carboxylic acids is 3. The average Bonchev–Trinajstić information content (AvgIpc) is 3.07. The summed E-state index contributed by atoms with van der Waals surface area (Å²) < 4.78 is 5.33. The van der Waals surface area contributed by atoms with Gasteiger partial charge in [0.15, 0.2) is 6.10 Å². The van der Waals surface area contributed by atoms with Crippen molar-refractivity contribution >= 4 is 29.0 Å². The van der Waals surface area contributed by atoms with Crippen molar-refractivity contribution in [3.8, 4) is 0 Å². The van der Waals surface area contributed by atoms with Crippen LogP contribution in [-0.2, 0) is 21.5 Å². The molecule has 1 aromatic heterocycles. The van der Waals surface area contributed by atoms with Gasteiger partial charge >= 0.3 is 5.97 Å². The van der Waals surface area contributed by atoms with Crippen molar-refractivity contribution in [2.24, 2.45) is 0 Å². The minimum Gasteiger partial charge on any atom is -0.451 e. The SMILES string of the molecule is CC(=O)NCc1ccc(C(=O)C(C)OC(=O)c2ccc(C(C)(C)C)cc2)s1. The Balaban J connectivity index is 1.99. The first kappa shape index (κ1) is 20.8. The number of esters is 1. The van der Waals surface area contributed by atoms with E-state index in [-0.39, 0.29) is 17.1 Å². The van der Waals surface area contributed by atoms with E-state index in [2.05, 4.69) is 26.1 Å². The number of carbonyl (C=O) groups is 3. The molecule has 0 aliphatic carbocycles. The van der Waals surface area contributed by atoms with E-state index in [9.17, 15) is 14.4 Å². The first-order valence-electron chi connectivity index (χ1n) is 8.77. The van der Waals surface area contributed by atoms with Crippen LogP contribution < -0.4 is 5.32 Å². The van der Waals surface area contributed by atoms with Gasteiger partial charge in [-0.3, -0.25) is 9.59 Å². The first-order valence-corrected chi connectivity index (χ1v) is 9.58. The standard InChI is InChI=1S/C21H25NO4S/c1-13(19(24)18-11-10-17(27-18)12-22-14(2)23)26-20(25)15-6-8-16(9-7-15)21(3,4)5/h6-11,13H,12H2,1-5H3,(H,22,23). The van der Waals surface area contributed by atoms with Crippen LogP contribution in [0.5, 0.6) is 0 Å². The molecule has 144 valence electrons. The fraction of sp³-hybridized carbons (Fsp3) is 0.381. The summed E-state index contributed by atoms with van der Waals surface area (Å²) in [5.41, 5.74) is 1.54. The van der Waals surface area contributed by atoms with Crippen molar-refractivity contribution < 1.29 is 19.1 Å². The highest BCUT2D eigenvalue weighted by Gasteiger charge is 2.22. The van der Waals surface area contributed by atoms with Crippen LogP contribution in [0.4, 0.5) is 0 Å². The monoisotopic (exact) mass is 387 g/mol. The molecule has 0 saturated heterocycles. The second-order valence-corrected chi connectivity index (χ2v) is 8.58. The minimum absolute atomic E-state index is 0.000182. The van der Waals surface area contributed by atoms with Gasteiger partial charge < -0.3 is 10.1 Å². The molecule has 1 N–H and O–H groups in total. The first-order chi connectivity index (χ1) is 12.6. The normalized spacial score (nSPS) is 12.3. The van der Waals surface area contributed by atoms with Crippen molar-refractivity contribution in [2.75, 3.05) is 0 Å². The van der Waals surface area contributed by atoms with Gasteiger partial charge in [-0.15, -0.1) is 11.3 Å². The van der Waals surface area contributed by atoms with Crippen LogP contribution >= 0.6 is 11.3 Å². The number of amides is 1. The summed E-state index contributed by atoms with van der Waals surface area (Å²) in [6.45, 7) is 9.68. The molecule has 0 aliphatic rings. The molecule has 0 fully saturated rings. The Labute approximate surface area is 163 Å². The summed E-state index contributed by atoms with van der Waals surface area (Å²) in [6.07, 6.45) is -0.882. The molecule has 1 atom stereocenters. The highest BCUT2D eigenvalue weighted by molar-refractivity contribution is 7.14. The number of ether oxygens (including phenoxy) is 1. The van der Waals surface area contributed by atoms with Crippen molar-refractivity contribution in [1.82, 2.24) is 5.32 Å². The second-order valence-electron chi connectivity index (χ2n) is 7.41. The fourth-order valence-electron chi connectivity index (χ4n) is 2.41. The molecule has 0 bridgehead atoms. The van der Waals surface area contributed by atoms with Gasteiger partial charge in [-0.2, -0.15) is 0 Å². The summed E-state index contributed by atoms with van der Waals surface area (Å²) >= 11 is 1.28. The third-order valence-corrected chi connectivity index (χ3v) is 5.16. The lowest BCUT2D eigenvalue weighted by atomic mass is 9.87. The van der Waals surface area contributed by atoms with E-state index in [1.807, 2.05) is 12.1 Å². The maximum absolute atomic E-state index is 12.5. The maximum atomic E-state index is 12.5. The lowest BCUT2D eigenvalue weighted by Crippen LogP contribution is -2.24. The van der Waals surface area contributed by atoms with Crippen LogP contribution in [0, 0.1) is 0 Å². The van der Waals surface area contributed by atoms with Gasteiger partial charge in [0, 0.05) is 11.8 Å². The molecule has 1 heterocycles. The van der Waals surface area contributed by atoms with Gasteiger partial charge in [0.05, 0.1) is 17.0 Å². The Morgan fingerprint density at radius 2 is 1.70 bits per heavy atom. The summed E-state index contributed by atoms with van der Waals surface area (Å²) in [7, 11) is 0. The number of hydrogen-bond donors (Lipinski definition) is 1. The lowest BCUT2D eigenvalue weighted by Gasteiger charge is -2.19. The molecule has 0 spiro atoms. The van der Waals surface area contributed by atoms with Gasteiger partial charge in [-0.05, 0) is 42.2 Å². The lowest BCUT2D eigenvalue weighted by molar-refractivity contribution is -0.119. The molecule has 1 amide bonds. The number of hydrogen-bond acceptors (Lipinski definition) is 5. The molecule has 27 heavy (non-hydrogen) atoms. The zero-order chi connectivity index (χ0) is 20.2. The average molecular weight is 388 g/mol. The van der Waals surface area contributed by atoms with E-state index in [0.29, 0.717) is 17.0 Å². The van der Waals surface area contributed by atoms with Crippen LogP contribution in [0.15, 0.2) is 36.4 Å². The predicted octanol–water partition coefficient (Wildman–Crippen LogP) is 4.11. The molecule has 6 heteroatoms. The number of benzene rings is 1. The minimum atomic E-state index is -0.882. The number of thiophene rings is 1. The number of Topliss-reactive ketones (excluding diaryl/α,β-unsaturated/α-hetero) is 1. The Morgan fingerprint density at radius 3 is 2.26 bits per heavy atom. The third kappa shape index (κ3) is 5.76. The van der Waals surface area contributed by atoms with Crippen LogP contribution in [0.2, 0.25) is 0 Å². The van der Waals surface area contributed by atoms with Gasteiger partial charge in [-0.1, -0.05) is 32.9 Å². The van der Waals surface area contributed by atoms with Crippen LogP contribution in [0.25, 0.3) is 0 Å². The van der Waals surface area contributed by atoms with Crippen LogP contribution in [0.3, 0.4) is 0 Å². The molecule has 1 aromatic carbocycles. The van der Waals surface area contributed by atoms with Gasteiger partial charge in [0.2, 0.25) is 11.7 Å². The topological polar surface area (TPSA) is 72.5 Å². The zero-order valence-corrected chi connectivity index (χ0v) is 17.1. The van der Waals surface area contributed by atoms with Crippen molar-refractivity contribution in [2.45, 2.75) is 52.7 Å². The van der Waals surface area contributed by atoms with Crippen molar-refractivity contribution in [3.63, 3.8) is 0 Å². The van der Waals surface area contributed by atoms with Crippen LogP contribution in [-0.4, -0.2) is 23.8 Å². The van der Waals surface area contributed by atoms with E-state index in [1.165, 1.54) is 18.3 Å². The molecule has 0 saturated carbocycles. The predicted molar refractivity (Wildman–Crippen MR) is 106 cm³/mol. The Kier molecular flexibility index (Phi) is 6.54. The summed E-state index contributed by atoms with van der Waals surface area (Å²) in [4.78, 5) is 37.1. The number of nitrogens with one attached hydrogen (secondary N) is 1. The third-order valence-electron chi connectivity index (χ3n) is 4.06. The van der Waals surface area contributed by atoms with E-state index in [0.717, 1.165) is 10.4 Å². The van der Waals surface area contributed by atoms with Crippen LogP contribution in [0.1, 0.15) is 65.1 Å². The Morgan fingerprint density at radius 1 is 1.07 bits per heavy atom. The van der Waals surface area contributed by atoms with E-state index < -0.39 is 12.1 Å². The number of rotatable bonds is 6. The van der Waals surface area contributed by atoms with Gasteiger partial charge in [0.25, 0.3) is 0 Å². The molecule has 5 nitrogen and oxygen atoms in total. The molecule has 1 unspecified atom stereocenters. The Hall–Kier alpha value is -2.47. The molecule has 0 aliphatic heterocycles. The smallest absolute Gasteiger partial charge is 0.338 e. The van der Waals surface area contributed by atoms with Gasteiger partial charge in [-0.25, -0.2) is 4.79 Å². The molecular weight excluding hydrogens is 362 g/mol. The van der Waals surface area contributed by atoms with E-state index in [1.54, 1.807) is 31.2 Å². The van der Waals surface area contributed by atoms with Crippen molar-refractivity contribution in [3.05, 3.63) is 57.3 Å². The van der Waals surface area contributed by atoms with E-state index >= 15 is 0 Å². The molecule has 2 rings (SSSR count). The summed E-state index contributed by atoms with van der Waals surface area (Å²) in [5, 5.41) is 2.69. The fourth-order valence-corrected chi connectivity index (χ4v) is 3.37. The Bertz CT molecular complexity index is 831. The van der Waals surface area contributed by atoms with E-state index in [4.69, 9.17) is 4.74 Å². The zero-order valence-electron chi connectivity index (χ0n) is 16.3. The highest BCUT2D eigenvalue weighted by Crippen LogP contribution is 2.23. The molecular formula is C21H25NO4S. The van der Waals surface area contributed by atoms with Crippen molar-refractivity contribution in [1.29, 1.82) is 0 Å². The largest absolute Gasteiger partial charge is 0.451 e. The molecule has 0 radical (unpaired) electrons. The maximum Gasteiger partial charge on any atom is 0.338 e. The summed E-state index contributed by atoms with van der Waals surface area (Å²) in [5.74, 6) is -0.906. The quantitative estimate of drug-likeness (QED) is 0.598. The number of ketones is 1. The molecule has 2 aromatic rings.